The zero-order chi connectivity index (χ0) is 17.5. The number of hydrogen-bond acceptors (Lipinski definition) is 4. The second kappa shape index (κ2) is 8.74. The summed E-state index contributed by atoms with van der Waals surface area (Å²) in [4.78, 5) is 12.0. The zero-order valence-electron chi connectivity index (χ0n) is 13.1. The highest BCUT2D eigenvalue weighted by Gasteiger charge is 2.16. The van der Waals surface area contributed by atoms with Crippen LogP contribution in [0.4, 0.5) is 0 Å². The van der Waals surface area contributed by atoms with Crippen LogP contribution in [0.2, 0.25) is 10.0 Å². The van der Waals surface area contributed by atoms with Gasteiger partial charge in [-0.05, 0) is 36.3 Å². The Hall–Kier alpha value is -2.00. The fourth-order valence-corrected chi connectivity index (χ4v) is 2.73. The van der Waals surface area contributed by atoms with Crippen LogP contribution in [-0.4, -0.2) is 32.8 Å². The van der Waals surface area contributed by atoms with Crippen molar-refractivity contribution in [3.05, 3.63) is 45.0 Å². The molecular formula is C17H16Cl2N2O3. The number of halogens is 2. The first-order valence-corrected chi connectivity index (χ1v) is 8.02. The first kappa shape index (κ1) is 18.3. The maximum atomic E-state index is 12.0. The predicted molar refractivity (Wildman–Crippen MR) is 93.1 cm³/mol. The Balaban J connectivity index is 2.15. The molecule has 7 heteroatoms. The molecule has 24 heavy (non-hydrogen) atoms. The maximum absolute atomic E-state index is 12.0. The zero-order valence-corrected chi connectivity index (χ0v) is 14.6. The summed E-state index contributed by atoms with van der Waals surface area (Å²) in [5.74, 6) is 0.116. The number of nitriles is 1. The summed E-state index contributed by atoms with van der Waals surface area (Å²) < 4.78 is 10.5. The second-order valence-electron chi connectivity index (χ2n) is 5.09. The molecule has 2 rings (SSSR count). The molecule has 1 aliphatic rings. The van der Waals surface area contributed by atoms with Gasteiger partial charge in [-0.2, -0.15) is 5.26 Å². The fraction of sp³-hybridized carbons (Fsp3) is 0.294. The van der Waals surface area contributed by atoms with Gasteiger partial charge in [0.05, 0.1) is 5.02 Å². The van der Waals surface area contributed by atoms with Crippen molar-refractivity contribution in [2.24, 2.45) is 0 Å². The number of nitrogens with one attached hydrogen (secondary N) is 1. The monoisotopic (exact) mass is 366 g/mol. The Bertz CT molecular complexity index is 736. The number of nitrogens with zero attached hydrogens (tertiary/aromatic N) is 1. The number of amides is 1. The van der Waals surface area contributed by atoms with E-state index in [0.717, 1.165) is 0 Å². The molecular weight excluding hydrogens is 351 g/mol. The van der Waals surface area contributed by atoms with Crippen LogP contribution in [0.15, 0.2) is 29.4 Å². The molecule has 0 radical (unpaired) electrons. The van der Waals surface area contributed by atoms with E-state index in [-0.39, 0.29) is 12.2 Å². The van der Waals surface area contributed by atoms with Gasteiger partial charge in [0.25, 0.3) is 5.91 Å². The Morgan fingerprint density at radius 2 is 2.29 bits per heavy atom. The molecule has 126 valence electrons. The summed E-state index contributed by atoms with van der Waals surface area (Å²) in [7, 11) is 1.59. The normalized spacial score (nSPS) is 13.4. The SMILES string of the molecule is COCCCNC(=O)C(C#N)=CC1=Cc2cc(Cl)cc(Cl)c2OC1. The minimum atomic E-state index is -0.426. The lowest BCUT2D eigenvalue weighted by Gasteiger charge is -2.18. The van der Waals surface area contributed by atoms with Crippen molar-refractivity contribution in [1.29, 1.82) is 5.26 Å². The summed E-state index contributed by atoms with van der Waals surface area (Å²) in [5, 5.41) is 12.8. The Labute approximate surface area is 150 Å². The molecule has 1 aromatic carbocycles. The number of carbonyl (C=O) groups excluding carboxylic acids is 1. The first-order valence-electron chi connectivity index (χ1n) is 7.26. The predicted octanol–water partition coefficient (Wildman–Crippen LogP) is 3.37. The Kier molecular flexibility index (Phi) is 6.68. The van der Waals surface area contributed by atoms with Crippen LogP contribution < -0.4 is 10.1 Å². The molecule has 0 saturated heterocycles. The quantitative estimate of drug-likeness (QED) is 0.475. The number of fused-ring (bicyclic) bond motifs is 1. The lowest BCUT2D eigenvalue weighted by molar-refractivity contribution is -0.117. The van der Waals surface area contributed by atoms with Gasteiger partial charge < -0.3 is 14.8 Å². The average Bonchev–Trinajstić information content (AvgIpc) is 2.55. The molecule has 1 amide bonds. The van der Waals surface area contributed by atoms with E-state index >= 15 is 0 Å². The minimum absolute atomic E-state index is 0.0128. The van der Waals surface area contributed by atoms with Crippen molar-refractivity contribution >= 4 is 35.2 Å². The minimum Gasteiger partial charge on any atom is -0.487 e. The molecule has 0 spiro atoms. The lowest BCUT2D eigenvalue weighted by atomic mass is 10.0. The molecule has 1 heterocycles. The van der Waals surface area contributed by atoms with Crippen LogP contribution in [0.3, 0.4) is 0 Å². The Morgan fingerprint density at radius 3 is 3.00 bits per heavy atom. The van der Waals surface area contributed by atoms with Gasteiger partial charge in [0.15, 0.2) is 0 Å². The summed E-state index contributed by atoms with van der Waals surface area (Å²) in [6.07, 6.45) is 3.98. The lowest BCUT2D eigenvalue weighted by Crippen LogP contribution is -2.26. The van der Waals surface area contributed by atoms with E-state index in [2.05, 4.69) is 5.32 Å². The van der Waals surface area contributed by atoms with E-state index in [1.54, 1.807) is 25.3 Å². The second-order valence-corrected chi connectivity index (χ2v) is 5.93. The van der Waals surface area contributed by atoms with Gasteiger partial charge in [0.1, 0.15) is 24.0 Å². The van der Waals surface area contributed by atoms with Crippen molar-refractivity contribution in [3.8, 4) is 11.8 Å². The third kappa shape index (κ3) is 4.75. The molecule has 1 aliphatic heterocycles. The van der Waals surface area contributed by atoms with Crippen LogP contribution in [-0.2, 0) is 9.53 Å². The van der Waals surface area contributed by atoms with Gasteiger partial charge in [-0.1, -0.05) is 23.2 Å². The van der Waals surface area contributed by atoms with Crippen molar-refractivity contribution in [2.75, 3.05) is 26.9 Å². The van der Waals surface area contributed by atoms with Gasteiger partial charge >= 0.3 is 0 Å². The number of carbonyl (C=O) groups is 1. The van der Waals surface area contributed by atoms with Crippen LogP contribution in [0.5, 0.6) is 5.75 Å². The van der Waals surface area contributed by atoms with Gasteiger partial charge in [-0.25, -0.2) is 0 Å². The van der Waals surface area contributed by atoms with E-state index in [4.69, 9.17) is 32.7 Å². The highest BCUT2D eigenvalue weighted by atomic mass is 35.5. The summed E-state index contributed by atoms with van der Waals surface area (Å²) in [5.41, 5.74) is 1.41. The van der Waals surface area contributed by atoms with Crippen molar-refractivity contribution in [3.63, 3.8) is 0 Å². The van der Waals surface area contributed by atoms with E-state index in [9.17, 15) is 10.1 Å². The number of methoxy groups -OCH3 is 1. The molecule has 0 aromatic heterocycles. The van der Waals surface area contributed by atoms with Gasteiger partial charge in [-0.15, -0.1) is 0 Å². The Morgan fingerprint density at radius 1 is 1.50 bits per heavy atom. The smallest absolute Gasteiger partial charge is 0.261 e. The van der Waals surface area contributed by atoms with Crippen molar-refractivity contribution in [1.82, 2.24) is 5.32 Å². The molecule has 1 aromatic rings. The van der Waals surface area contributed by atoms with Gasteiger partial charge in [-0.3, -0.25) is 4.79 Å². The summed E-state index contributed by atoms with van der Waals surface area (Å²) in [6.45, 7) is 1.20. The molecule has 1 N–H and O–H groups in total. The third-order valence-corrected chi connectivity index (χ3v) is 3.77. The van der Waals surface area contributed by atoms with E-state index in [1.807, 2.05) is 6.07 Å². The maximum Gasteiger partial charge on any atom is 0.261 e. The average molecular weight is 367 g/mol. The molecule has 0 saturated carbocycles. The number of hydrogen-bond donors (Lipinski definition) is 1. The van der Waals surface area contributed by atoms with Crippen LogP contribution >= 0.6 is 23.2 Å². The molecule has 0 fully saturated rings. The molecule has 0 unspecified atom stereocenters. The summed E-state index contributed by atoms with van der Waals surface area (Å²) >= 11 is 12.1. The summed E-state index contributed by atoms with van der Waals surface area (Å²) in [6, 6.07) is 5.22. The van der Waals surface area contributed by atoms with E-state index < -0.39 is 5.91 Å². The fourth-order valence-electron chi connectivity index (χ4n) is 2.17. The number of benzene rings is 1. The number of ether oxygens (including phenoxy) is 2. The van der Waals surface area contributed by atoms with E-state index in [0.29, 0.717) is 46.5 Å². The third-order valence-electron chi connectivity index (χ3n) is 3.27. The highest BCUT2D eigenvalue weighted by Crippen LogP contribution is 2.36. The van der Waals surface area contributed by atoms with Crippen LogP contribution in [0, 0.1) is 11.3 Å². The van der Waals surface area contributed by atoms with E-state index in [1.165, 1.54) is 6.08 Å². The van der Waals surface area contributed by atoms with Crippen LogP contribution in [0.1, 0.15) is 12.0 Å². The molecule has 0 bridgehead atoms. The van der Waals surface area contributed by atoms with Gasteiger partial charge in [0.2, 0.25) is 0 Å². The van der Waals surface area contributed by atoms with Gasteiger partial charge in [0, 0.05) is 30.8 Å². The van der Waals surface area contributed by atoms with Crippen molar-refractivity contribution < 1.29 is 14.3 Å². The first-order chi connectivity index (χ1) is 11.5. The topological polar surface area (TPSA) is 71.3 Å². The molecule has 5 nitrogen and oxygen atoms in total. The van der Waals surface area contributed by atoms with Crippen LogP contribution in [0.25, 0.3) is 6.08 Å². The molecule has 0 atom stereocenters. The highest BCUT2D eigenvalue weighted by molar-refractivity contribution is 6.36. The molecule has 0 aliphatic carbocycles. The largest absolute Gasteiger partial charge is 0.487 e. The number of rotatable bonds is 6. The standard InChI is InChI=1S/C17H16Cl2N2O3/c1-23-4-2-3-21-17(22)13(9-20)6-11-5-12-7-14(18)8-15(19)16(12)24-10-11/h5-8H,2-4,10H2,1H3,(H,21,22). The van der Waals surface area contributed by atoms with Crippen molar-refractivity contribution in [2.45, 2.75) is 6.42 Å².